The smallest absolute Gasteiger partial charge is 0.462 e. The van der Waals surface area contributed by atoms with Crippen molar-refractivity contribution in [2.45, 2.75) is 329 Å². The molecule has 17 nitrogen and oxygen atoms in total. The van der Waals surface area contributed by atoms with Gasteiger partial charge in [-0.15, -0.1) is 0 Å². The standard InChI is InChI=1S/C79H136O17P2/c1-5-9-13-17-21-25-29-33-35-36-38-42-44-48-52-56-60-64-77(82)90-70-75(96-79(84)66-62-58-54-50-46-40-32-28-24-20-16-12-8-4)72-94-98(87,88)92-68-73(80)67-91-97(85,86)93-71-74(95-78(83)65-61-57-53-49-45-39-31-27-23-19-15-11-7-3)69-89-76(81)63-59-55-51-47-43-41-37-34-30-26-22-18-14-10-6-2/h9-10,13-14,16,20-22,25-26,28,32-35,37-38,42,73-75,80H,5-8,11-12,15,17-19,23-24,27,29-31,36,39-41,43-72H2,1-4H3,(H,85,86)(H,87,88)/b13-9-,14-10-,20-16-,25-21-,26-22-,32-28-,35-33-,37-34-,42-38-. The molecular weight excluding hydrogens is 1280 g/mol. The average molecular weight is 1420 g/mol. The number of esters is 4. The lowest BCUT2D eigenvalue weighted by Crippen LogP contribution is -2.30. The molecule has 0 rings (SSSR count). The first kappa shape index (κ1) is 93.7. The van der Waals surface area contributed by atoms with E-state index in [1.807, 2.05) is 0 Å². The summed E-state index contributed by atoms with van der Waals surface area (Å²) in [5.41, 5.74) is 0. The fourth-order valence-corrected chi connectivity index (χ4v) is 11.5. The van der Waals surface area contributed by atoms with Crippen molar-refractivity contribution < 1.29 is 80.2 Å². The molecule has 564 valence electrons. The van der Waals surface area contributed by atoms with Gasteiger partial charge in [0.15, 0.2) is 12.2 Å². The summed E-state index contributed by atoms with van der Waals surface area (Å²) in [5.74, 6) is -2.23. The molecule has 0 saturated heterocycles. The number of rotatable bonds is 71. The minimum atomic E-state index is -4.98. The van der Waals surface area contributed by atoms with Gasteiger partial charge in [-0.05, 0) is 122 Å². The predicted molar refractivity (Wildman–Crippen MR) is 399 cm³/mol. The van der Waals surface area contributed by atoms with Crippen molar-refractivity contribution in [3.05, 3.63) is 109 Å². The molecule has 0 amide bonds. The van der Waals surface area contributed by atoms with Gasteiger partial charge in [-0.3, -0.25) is 37.3 Å². The summed E-state index contributed by atoms with van der Waals surface area (Å²) >= 11 is 0. The number of aliphatic hydroxyl groups is 1. The van der Waals surface area contributed by atoms with Gasteiger partial charge >= 0.3 is 39.5 Å². The van der Waals surface area contributed by atoms with Crippen LogP contribution >= 0.6 is 15.6 Å². The summed E-state index contributed by atoms with van der Waals surface area (Å²) in [6.45, 7) is 4.53. The SMILES string of the molecule is CC/C=C\C/C=C\C/C=C\C/C=C\CCCCCCC(=O)OCC(COP(=O)(O)OCC(O)COP(=O)(O)OCC(COC(=O)CCCCCCC/C=C\C/C=C\C/C=C\CC)OC(=O)CCCCCCCCCCCCCCC)OC(=O)CCCCCCC/C=C\C/C=C\CCC. The highest BCUT2D eigenvalue weighted by Crippen LogP contribution is 2.45. The highest BCUT2D eigenvalue weighted by atomic mass is 31.2. The number of aliphatic hydroxyl groups excluding tert-OH is 1. The van der Waals surface area contributed by atoms with Gasteiger partial charge in [-0.2, -0.15) is 0 Å². The molecule has 0 fully saturated rings. The molecule has 98 heavy (non-hydrogen) atoms. The van der Waals surface area contributed by atoms with E-state index in [4.69, 9.17) is 37.0 Å². The van der Waals surface area contributed by atoms with Crippen LogP contribution in [0.5, 0.6) is 0 Å². The molecule has 0 aromatic heterocycles. The summed E-state index contributed by atoms with van der Waals surface area (Å²) in [4.78, 5) is 72.8. The Morgan fingerprint density at radius 2 is 0.551 bits per heavy atom. The minimum Gasteiger partial charge on any atom is -0.462 e. The van der Waals surface area contributed by atoms with Crippen molar-refractivity contribution in [3.8, 4) is 0 Å². The molecule has 3 N–H and O–H groups in total. The van der Waals surface area contributed by atoms with Gasteiger partial charge in [0, 0.05) is 25.7 Å². The summed E-state index contributed by atoms with van der Waals surface area (Å²) in [6, 6.07) is 0. The van der Waals surface area contributed by atoms with E-state index < -0.39 is 97.5 Å². The maximum absolute atomic E-state index is 13.1. The van der Waals surface area contributed by atoms with Gasteiger partial charge in [0.05, 0.1) is 26.4 Å². The molecule has 0 heterocycles. The number of unbranched alkanes of at least 4 members (excludes halogenated alkanes) is 27. The van der Waals surface area contributed by atoms with E-state index in [2.05, 4.69) is 137 Å². The molecule has 5 unspecified atom stereocenters. The van der Waals surface area contributed by atoms with Gasteiger partial charge in [0.25, 0.3) is 0 Å². The molecule has 0 aliphatic carbocycles. The van der Waals surface area contributed by atoms with E-state index in [1.54, 1.807) is 0 Å². The van der Waals surface area contributed by atoms with E-state index in [-0.39, 0.29) is 25.7 Å². The highest BCUT2D eigenvalue weighted by molar-refractivity contribution is 7.47. The Kier molecular flexibility index (Phi) is 68.0. The Hall–Kier alpha value is -4.28. The molecule has 0 aliphatic heterocycles. The zero-order valence-electron chi connectivity index (χ0n) is 61.4. The van der Waals surface area contributed by atoms with Crippen molar-refractivity contribution in [1.82, 2.24) is 0 Å². The third-order valence-corrected chi connectivity index (χ3v) is 17.6. The predicted octanol–water partition coefficient (Wildman–Crippen LogP) is 21.8. The number of hydrogen-bond acceptors (Lipinski definition) is 15. The van der Waals surface area contributed by atoms with Crippen LogP contribution in [0.3, 0.4) is 0 Å². The van der Waals surface area contributed by atoms with Crippen molar-refractivity contribution >= 4 is 39.5 Å². The van der Waals surface area contributed by atoms with Crippen LogP contribution in [0.1, 0.15) is 310 Å². The second kappa shape index (κ2) is 71.1. The van der Waals surface area contributed by atoms with Gasteiger partial charge < -0.3 is 33.8 Å². The molecule has 0 aromatic rings. The summed E-state index contributed by atoms with van der Waals surface area (Å²) < 4.78 is 68.4. The van der Waals surface area contributed by atoms with Crippen LogP contribution < -0.4 is 0 Å². The normalized spacial score (nSPS) is 14.6. The highest BCUT2D eigenvalue weighted by Gasteiger charge is 2.30. The second-order valence-corrected chi connectivity index (χ2v) is 28.1. The molecule has 0 aliphatic rings. The zero-order chi connectivity index (χ0) is 71.8. The van der Waals surface area contributed by atoms with Gasteiger partial charge in [0.1, 0.15) is 19.3 Å². The molecule has 5 atom stereocenters. The summed E-state index contributed by atoms with van der Waals surface area (Å²) in [6.07, 6.45) is 75.0. The topological polar surface area (TPSA) is 237 Å². The molecule has 0 spiro atoms. The van der Waals surface area contributed by atoms with Crippen LogP contribution in [0.2, 0.25) is 0 Å². The number of allylic oxidation sites excluding steroid dienone is 18. The zero-order valence-corrected chi connectivity index (χ0v) is 63.2. The van der Waals surface area contributed by atoms with Crippen molar-refractivity contribution in [3.63, 3.8) is 0 Å². The number of hydrogen-bond donors (Lipinski definition) is 3. The van der Waals surface area contributed by atoms with Crippen LogP contribution in [-0.4, -0.2) is 96.7 Å². The Balaban J connectivity index is 5.37. The second-order valence-electron chi connectivity index (χ2n) is 25.2. The van der Waals surface area contributed by atoms with Crippen LogP contribution in [0.4, 0.5) is 0 Å². The lowest BCUT2D eigenvalue weighted by Gasteiger charge is -2.21. The minimum absolute atomic E-state index is 0.0718. The Labute approximate surface area is 594 Å². The fraction of sp³-hybridized carbons (Fsp3) is 0.722. The molecule has 0 saturated carbocycles. The third-order valence-electron chi connectivity index (χ3n) is 15.7. The van der Waals surface area contributed by atoms with Crippen LogP contribution in [0, 0.1) is 0 Å². The number of phosphoric ester groups is 2. The first-order valence-electron chi connectivity index (χ1n) is 38.1. The fourth-order valence-electron chi connectivity index (χ4n) is 9.97. The maximum atomic E-state index is 13.1. The Morgan fingerprint density at radius 3 is 0.857 bits per heavy atom. The molecule has 19 heteroatoms. The molecule has 0 radical (unpaired) electrons. The quantitative estimate of drug-likeness (QED) is 0.0169. The molecule has 0 aromatic carbocycles. The monoisotopic (exact) mass is 1420 g/mol. The van der Waals surface area contributed by atoms with Gasteiger partial charge in [0.2, 0.25) is 0 Å². The van der Waals surface area contributed by atoms with Crippen LogP contribution in [-0.2, 0) is 65.4 Å². The first-order chi connectivity index (χ1) is 47.7. The van der Waals surface area contributed by atoms with Crippen molar-refractivity contribution in [2.24, 2.45) is 0 Å². The van der Waals surface area contributed by atoms with E-state index in [1.165, 1.54) is 51.4 Å². The van der Waals surface area contributed by atoms with Crippen molar-refractivity contribution in [1.29, 1.82) is 0 Å². The van der Waals surface area contributed by atoms with Crippen LogP contribution in [0.25, 0.3) is 0 Å². The summed E-state index contributed by atoms with van der Waals surface area (Å²) in [7, 11) is -9.96. The average Bonchev–Trinajstić information content (AvgIpc) is 0.969. The Morgan fingerprint density at radius 1 is 0.296 bits per heavy atom. The van der Waals surface area contributed by atoms with Crippen LogP contribution in [0.15, 0.2) is 109 Å². The van der Waals surface area contributed by atoms with E-state index in [9.17, 15) is 43.2 Å². The maximum Gasteiger partial charge on any atom is 0.472 e. The first-order valence-corrected chi connectivity index (χ1v) is 41.1. The van der Waals surface area contributed by atoms with Crippen molar-refractivity contribution in [2.75, 3.05) is 39.6 Å². The third kappa shape index (κ3) is 70.2. The van der Waals surface area contributed by atoms with E-state index in [0.29, 0.717) is 25.7 Å². The number of carbonyl (C=O) groups excluding carboxylic acids is 4. The largest absolute Gasteiger partial charge is 0.472 e. The summed E-state index contributed by atoms with van der Waals surface area (Å²) in [5, 5.41) is 10.6. The molecule has 0 bridgehead atoms. The van der Waals surface area contributed by atoms with E-state index in [0.717, 1.165) is 180 Å². The number of carbonyl (C=O) groups is 4. The lowest BCUT2D eigenvalue weighted by molar-refractivity contribution is -0.161. The number of phosphoric acid groups is 2. The Bertz CT molecular complexity index is 2290. The molecular formula is C79H136O17P2. The lowest BCUT2D eigenvalue weighted by atomic mass is 10.0. The van der Waals surface area contributed by atoms with E-state index >= 15 is 0 Å². The number of ether oxygens (including phenoxy) is 4. The van der Waals surface area contributed by atoms with Gasteiger partial charge in [-0.25, -0.2) is 9.13 Å². The van der Waals surface area contributed by atoms with Gasteiger partial charge in [-0.1, -0.05) is 272 Å².